The molecule has 1 aliphatic rings. The van der Waals surface area contributed by atoms with E-state index in [1.807, 2.05) is 0 Å². The van der Waals surface area contributed by atoms with Crippen LogP contribution in [0, 0.1) is 5.82 Å². The molecule has 0 fully saturated rings. The Kier molecular flexibility index (Phi) is 5.18. The summed E-state index contributed by atoms with van der Waals surface area (Å²) in [6, 6.07) is 10.3. The number of benzene rings is 2. The van der Waals surface area contributed by atoms with E-state index < -0.39 is 36.1 Å². The van der Waals surface area contributed by atoms with Crippen molar-refractivity contribution in [2.75, 3.05) is 11.9 Å². The molecule has 0 radical (unpaired) electrons. The molecule has 160 valence electrons. The fourth-order valence-corrected chi connectivity index (χ4v) is 3.96. The Labute approximate surface area is 177 Å². The Bertz CT molecular complexity index is 1130. The second kappa shape index (κ2) is 7.69. The molecule has 10 heteroatoms. The van der Waals surface area contributed by atoms with Crippen LogP contribution in [-0.2, 0) is 10.3 Å². The number of ether oxygens (including phenoxy) is 1. The van der Waals surface area contributed by atoms with Crippen molar-refractivity contribution >= 4 is 29.0 Å². The lowest BCUT2D eigenvalue weighted by Gasteiger charge is -2.39. The predicted octanol–water partition coefficient (Wildman–Crippen LogP) is 5.30. The first kappa shape index (κ1) is 20.9. The first-order chi connectivity index (χ1) is 14.7. The monoisotopic (exact) mass is 450 g/mol. The molecule has 0 bridgehead atoms. The van der Waals surface area contributed by atoms with E-state index in [0.717, 1.165) is 24.3 Å². The highest BCUT2D eigenvalue weighted by molar-refractivity contribution is 7.08. The molecule has 2 heterocycles. The van der Waals surface area contributed by atoms with Crippen molar-refractivity contribution in [2.45, 2.75) is 11.8 Å². The lowest BCUT2D eigenvalue weighted by Crippen LogP contribution is -2.56. The summed E-state index contributed by atoms with van der Waals surface area (Å²) in [4.78, 5) is 24.3. The van der Waals surface area contributed by atoms with Crippen LogP contribution in [0.25, 0.3) is 11.1 Å². The molecule has 1 aliphatic heterocycles. The van der Waals surface area contributed by atoms with Gasteiger partial charge in [-0.2, -0.15) is 24.5 Å². The van der Waals surface area contributed by atoms with Gasteiger partial charge in [-0.3, -0.25) is 10.1 Å². The van der Waals surface area contributed by atoms with Gasteiger partial charge in [0.15, 0.2) is 0 Å². The summed E-state index contributed by atoms with van der Waals surface area (Å²) in [6.07, 6.45) is -6.33. The van der Waals surface area contributed by atoms with Gasteiger partial charge in [0.2, 0.25) is 0 Å². The van der Waals surface area contributed by atoms with Crippen LogP contribution in [0.15, 0.2) is 59.3 Å². The number of rotatable bonds is 4. The summed E-state index contributed by atoms with van der Waals surface area (Å²) in [7, 11) is 0. The highest BCUT2D eigenvalue weighted by Crippen LogP contribution is 2.48. The maximum atomic E-state index is 14.3. The average molecular weight is 450 g/mol. The zero-order valence-electron chi connectivity index (χ0n) is 15.6. The van der Waals surface area contributed by atoms with Gasteiger partial charge in [0.05, 0.1) is 12.2 Å². The molecule has 2 amide bonds. The predicted molar refractivity (Wildman–Crippen MR) is 106 cm³/mol. The second-order valence-electron chi connectivity index (χ2n) is 6.80. The van der Waals surface area contributed by atoms with Crippen LogP contribution in [0.5, 0.6) is 0 Å². The van der Waals surface area contributed by atoms with E-state index in [1.165, 1.54) is 23.5 Å². The minimum Gasteiger partial charge on any atom is -0.426 e. The number of carbonyl (C=O) groups excluding carboxylic acids is 2. The molecule has 3 aromatic rings. The molecule has 1 unspecified atom stereocenters. The van der Waals surface area contributed by atoms with E-state index in [4.69, 9.17) is 4.74 Å². The SMILES string of the molecule is O=C1Nc2ccc(-c3ccsc3)cc2C(CNC(=O)c2ccc(F)cc2)(C(F)(F)F)O1. The van der Waals surface area contributed by atoms with E-state index in [2.05, 4.69) is 10.6 Å². The molecular formula is C21H14F4N2O3S. The molecule has 2 N–H and O–H groups in total. The standard InChI is InChI=1S/C21H14F4N2O3S/c22-15-4-1-12(2-5-15)18(28)26-11-20(21(23,24)25)16-9-13(14-7-8-31-10-14)3-6-17(16)27-19(29)30-20/h1-10H,11H2,(H,26,28)(H,27,29). The van der Waals surface area contributed by atoms with Gasteiger partial charge >= 0.3 is 12.3 Å². The smallest absolute Gasteiger partial charge is 0.426 e. The number of fused-ring (bicyclic) bond motifs is 1. The van der Waals surface area contributed by atoms with Gasteiger partial charge in [0, 0.05) is 11.1 Å². The summed E-state index contributed by atoms with van der Waals surface area (Å²) < 4.78 is 60.8. The number of cyclic esters (lactones) is 1. The number of carbonyl (C=O) groups is 2. The summed E-state index contributed by atoms with van der Waals surface area (Å²) in [6.45, 7) is -1.06. The Morgan fingerprint density at radius 1 is 1.10 bits per heavy atom. The largest absolute Gasteiger partial charge is 0.434 e. The van der Waals surface area contributed by atoms with Crippen LogP contribution in [0.4, 0.5) is 28.0 Å². The first-order valence-electron chi connectivity index (χ1n) is 8.97. The van der Waals surface area contributed by atoms with Crippen molar-refractivity contribution in [3.63, 3.8) is 0 Å². The van der Waals surface area contributed by atoms with Crippen molar-refractivity contribution < 1.29 is 31.9 Å². The maximum absolute atomic E-state index is 14.3. The summed E-state index contributed by atoms with van der Waals surface area (Å²) in [5.74, 6) is -1.46. The third kappa shape index (κ3) is 3.86. The quantitative estimate of drug-likeness (QED) is 0.530. The lowest BCUT2D eigenvalue weighted by molar-refractivity contribution is -0.261. The van der Waals surface area contributed by atoms with Crippen molar-refractivity contribution in [3.8, 4) is 11.1 Å². The summed E-state index contributed by atoms with van der Waals surface area (Å²) >= 11 is 1.38. The molecule has 0 saturated heterocycles. The molecule has 0 aliphatic carbocycles. The zero-order valence-corrected chi connectivity index (χ0v) is 16.4. The number of nitrogens with one attached hydrogen (secondary N) is 2. The molecule has 1 aromatic heterocycles. The number of amides is 2. The van der Waals surface area contributed by atoms with Gasteiger partial charge in [-0.1, -0.05) is 6.07 Å². The van der Waals surface area contributed by atoms with Crippen molar-refractivity contribution in [2.24, 2.45) is 0 Å². The summed E-state index contributed by atoms with van der Waals surface area (Å²) in [5.41, 5.74) is -2.33. The van der Waals surface area contributed by atoms with E-state index in [0.29, 0.717) is 11.1 Å². The fourth-order valence-electron chi connectivity index (χ4n) is 3.29. The van der Waals surface area contributed by atoms with E-state index in [9.17, 15) is 27.2 Å². The molecule has 0 spiro atoms. The maximum Gasteiger partial charge on any atom is 0.434 e. The van der Waals surface area contributed by atoms with Gasteiger partial charge in [0.1, 0.15) is 5.82 Å². The van der Waals surface area contributed by atoms with Crippen LogP contribution in [-0.4, -0.2) is 24.7 Å². The van der Waals surface area contributed by atoms with E-state index in [-0.39, 0.29) is 16.8 Å². The van der Waals surface area contributed by atoms with Crippen LogP contribution in [0.2, 0.25) is 0 Å². The number of thiophene rings is 1. The van der Waals surface area contributed by atoms with Crippen molar-refractivity contribution in [1.29, 1.82) is 0 Å². The molecule has 4 rings (SSSR count). The highest BCUT2D eigenvalue weighted by atomic mass is 32.1. The van der Waals surface area contributed by atoms with Gasteiger partial charge in [0.25, 0.3) is 11.5 Å². The van der Waals surface area contributed by atoms with E-state index >= 15 is 0 Å². The number of alkyl halides is 3. The number of hydrogen-bond donors (Lipinski definition) is 2. The number of anilines is 1. The van der Waals surface area contributed by atoms with Crippen molar-refractivity contribution in [3.05, 3.63) is 76.2 Å². The third-order valence-corrected chi connectivity index (χ3v) is 5.56. The molecule has 31 heavy (non-hydrogen) atoms. The van der Waals surface area contributed by atoms with Gasteiger partial charge < -0.3 is 10.1 Å². The van der Waals surface area contributed by atoms with Crippen LogP contribution in [0.1, 0.15) is 15.9 Å². The van der Waals surface area contributed by atoms with Gasteiger partial charge in [-0.25, -0.2) is 9.18 Å². The molecule has 5 nitrogen and oxygen atoms in total. The second-order valence-corrected chi connectivity index (χ2v) is 7.58. The molecular weight excluding hydrogens is 436 g/mol. The Morgan fingerprint density at radius 3 is 2.48 bits per heavy atom. The van der Waals surface area contributed by atoms with Crippen molar-refractivity contribution in [1.82, 2.24) is 5.32 Å². The van der Waals surface area contributed by atoms with Gasteiger partial charge in [-0.05, 0) is 64.4 Å². The lowest BCUT2D eigenvalue weighted by atomic mass is 9.87. The fraction of sp³-hybridized carbons (Fsp3) is 0.143. The minimum absolute atomic E-state index is 0.0359. The number of halogens is 4. The summed E-state index contributed by atoms with van der Waals surface area (Å²) in [5, 5.41) is 8.00. The topological polar surface area (TPSA) is 67.4 Å². The Balaban J connectivity index is 1.74. The molecule has 2 aromatic carbocycles. The number of hydrogen-bond acceptors (Lipinski definition) is 4. The molecule has 0 saturated carbocycles. The van der Waals surface area contributed by atoms with E-state index in [1.54, 1.807) is 22.9 Å². The van der Waals surface area contributed by atoms with Crippen LogP contribution in [0.3, 0.4) is 0 Å². The zero-order chi connectivity index (χ0) is 22.2. The third-order valence-electron chi connectivity index (χ3n) is 4.88. The van der Waals surface area contributed by atoms with Gasteiger partial charge in [-0.15, -0.1) is 0 Å². The Morgan fingerprint density at radius 2 is 1.84 bits per heavy atom. The molecule has 1 atom stereocenters. The van der Waals surface area contributed by atoms with Crippen LogP contribution < -0.4 is 10.6 Å². The average Bonchev–Trinajstić information content (AvgIpc) is 3.26. The Hall–Kier alpha value is -3.40. The first-order valence-corrected chi connectivity index (χ1v) is 9.91. The normalized spacial score (nSPS) is 18.0. The van der Waals surface area contributed by atoms with Crippen LogP contribution >= 0.6 is 11.3 Å². The highest BCUT2D eigenvalue weighted by Gasteiger charge is 2.62. The minimum atomic E-state index is -5.04.